The number of carbonyl (C=O) groups is 2. The number of carboxylic acids is 1. The van der Waals surface area contributed by atoms with Crippen LogP contribution in [-0.4, -0.2) is 39.3 Å². The third-order valence-corrected chi connectivity index (χ3v) is 9.68. The highest BCUT2D eigenvalue weighted by Crippen LogP contribution is 2.67. The Kier molecular flexibility index (Phi) is 5.15. The fraction of sp³-hybridized carbons (Fsp3) is 0.913. The maximum absolute atomic E-state index is 13.3. The second-order valence-electron chi connectivity index (χ2n) is 10.7. The van der Waals surface area contributed by atoms with E-state index < -0.39 is 12.1 Å². The average molecular weight is 393 g/mol. The highest BCUT2D eigenvalue weighted by molar-refractivity contribution is 5.83. The molecule has 5 heteroatoms. The molecule has 4 saturated carbocycles. The van der Waals surface area contributed by atoms with Gasteiger partial charge in [-0.2, -0.15) is 0 Å². The molecule has 4 rings (SSSR count). The average Bonchev–Trinajstić information content (AvgIpc) is 2.95. The maximum Gasteiger partial charge on any atom is 0.303 e. The van der Waals surface area contributed by atoms with Gasteiger partial charge in [0.05, 0.1) is 12.2 Å². The number of ketones is 1. The normalized spacial score (nSPS) is 50.6. The predicted octanol–water partition coefficient (Wildman–Crippen LogP) is 3.41. The summed E-state index contributed by atoms with van der Waals surface area (Å²) in [7, 11) is 0. The van der Waals surface area contributed by atoms with Gasteiger partial charge in [-0.3, -0.25) is 9.59 Å². The van der Waals surface area contributed by atoms with E-state index in [1.54, 1.807) is 0 Å². The van der Waals surface area contributed by atoms with Gasteiger partial charge in [-0.05, 0) is 85.9 Å². The molecule has 0 radical (unpaired) electrons. The fourth-order valence-corrected chi connectivity index (χ4v) is 7.98. The molecule has 0 aromatic carbocycles. The van der Waals surface area contributed by atoms with E-state index in [4.69, 9.17) is 5.11 Å². The molecule has 4 aliphatic rings. The first-order chi connectivity index (χ1) is 13.2. The van der Waals surface area contributed by atoms with Crippen LogP contribution in [0.2, 0.25) is 0 Å². The van der Waals surface area contributed by atoms with Crippen LogP contribution in [0.1, 0.15) is 78.1 Å². The Bertz CT molecular complexity index is 647. The van der Waals surface area contributed by atoms with Crippen LogP contribution in [-0.2, 0) is 9.59 Å². The van der Waals surface area contributed by atoms with E-state index in [1.165, 1.54) is 0 Å². The number of hydrogen-bond donors (Lipinski definition) is 3. The summed E-state index contributed by atoms with van der Waals surface area (Å²) in [6.07, 6.45) is 6.66. The topological polar surface area (TPSA) is 94.8 Å². The third kappa shape index (κ3) is 2.96. The number of hydrogen-bond acceptors (Lipinski definition) is 4. The summed E-state index contributed by atoms with van der Waals surface area (Å²) in [6, 6.07) is 0. The van der Waals surface area contributed by atoms with E-state index in [1.807, 2.05) is 0 Å². The van der Waals surface area contributed by atoms with Crippen molar-refractivity contribution in [3.8, 4) is 0 Å². The van der Waals surface area contributed by atoms with Crippen molar-refractivity contribution >= 4 is 11.8 Å². The van der Waals surface area contributed by atoms with Crippen LogP contribution in [0.25, 0.3) is 0 Å². The highest BCUT2D eigenvalue weighted by Gasteiger charge is 2.65. The number of aliphatic hydroxyl groups excluding tert-OH is 2. The Morgan fingerprint density at radius 2 is 1.86 bits per heavy atom. The number of carbonyl (C=O) groups excluding carboxylic acids is 1. The molecule has 0 saturated heterocycles. The minimum absolute atomic E-state index is 0.0365. The first kappa shape index (κ1) is 20.3. The van der Waals surface area contributed by atoms with Crippen LogP contribution < -0.4 is 0 Å². The quantitative estimate of drug-likeness (QED) is 0.681. The van der Waals surface area contributed by atoms with E-state index in [0.717, 1.165) is 38.5 Å². The largest absolute Gasteiger partial charge is 0.481 e. The van der Waals surface area contributed by atoms with E-state index in [9.17, 15) is 19.8 Å². The summed E-state index contributed by atoms with van der Waals surface area (Å²) in [5, 5.41) is 30.4. The van der Waals surface area contributed by atoms with Crippen molar-refractivity contribution in [1.82, 2.24) is 0 Å². The molecule has 3 N–H and O–H groups in total. The predicted molar refractivity (Wildman–Crippen MR) is 104 cm³/mol. The van der Waals surface area contributed by atoms with Crippen LogP contribution >= 0.6 is 0 Å². The van der Waals surface area contributed by atoms with Gasteiger partial charge in [0.15, 0.2) is 0 Å². The molecule has 28 heavy (non-hydrogen) atoms. The number of carboxylic acid groups (broad SMARTS) is 1. The van der Waals surface area contributed by atoms with Gasteiger partial charge in [-0.25, -0.2) is 0 Å². The van der Waals surface area contributed by atoms with Gasteiger partial charge in [0, 0.05) is 18.8 Å². The molecule has 0 aliphatic heterocycles. The number of Topliss-reactive ketones (excluding diaryl/α,β-unsaturated/α-hetero) is 1. The van der Waals surface area contributed by atoms with Crippen LogP contribution in [0, 0.1) is 40.4 Å². The van der Waals surface area contributed by atoms with Crippen molar-refractivity contribution in [2.24, 2.45) is 40.4 Å². The van der Waals surface area contributed by atoms with E-state index in [0.29, 0.717) is 31.0 Å². The number of aliphatic hydroxyl groups is 2. The Labute approximate surface area is 167 Å². The minimum atomic E-state index is -0.759. The molecule has 5 nitrogen and oxygen atoms in total. The van der Waals surface area contributed by atoms with Gasteiger partial charge >= 0.3 is 5.97 Å². The zero-order valence-electron chi connectivity index (χ0n) is 17.3. The molecule has 9 atom stereocenters. The molecule has 4 aliphatic carbocycles. The Balaban J connectivity index is 1.59. The number of fused-ring (bicyclic) bond motifs is 5. The molecule has 0 unspecified atom stereocenters. The van der Waals surface area contributed by atoms with Crippen LogP contribution in [0.5, 0.6) is 0 Å². The van der Waals surface area contributed by atoms with Crippen LogP contribution in [0.3, 0.4) is 0 Å². The SMILES string of the molecule is C[C@]12CC[C@@H](O)C[C@H]1CC(=O)[C@@H]1[C@@H]2C[C@H](O)[C@]2(C)[C@@H](CCCC(=O)O)CC[C@@H]12. The summed E-state index contributed by atoms with van der Waals surface area (Å²) in [6.45, 7) is 4.48. The lowest BCUT2D eigenvalue weighted by atomic mass is 9.43. The summed E-state index contributed by atoms with van der Waals surface area (Å²) in [5.41, 5.74) is -0.228. The highest BCUT2D eigenvalue weighted by atomic mass is 16.4. The van der Waals surface area contributed by atoms with Crippen molar-refractivity contribution in [3.05, 3.63) is 0 Å². The van der Waals surface area contributed by atoms with Gasteiger partial charge in [0.1, 0.15) is 5.78 Å². The molecule has 0 aromatic heterocycles. The van der Waals surface area contributed by atoms with Crippen molar-refractivity contribution in [2.75, 3.05) is 0 Å². The van der Waals surface area contributed by atoms with Gasteiger partial charge in [-0.15, -0.1) is 0 Å². The van der Waals surface area contributed by atoms with Crippen LogP contribution in [0.15, 0.2) is 0 Å². The zero-order chi connectivity index (χ0) is 20.3. The zero-order valence-corrected chi connectivity index (χ0v) is 17.3. The number of rotatable bonds is 4. The standard InChI is InChI=1S/C23H36O5/c1-22-9-8-15(24)10-14(22)11-18(25)21-16-7-6-13(4-3-5-20(27)28)23(16,2)19(26)12-17(21)22/h13-17,19,21,24,26H,3-12H2,1-2H3,(H,27,28)/t13-,14-,15+,16-,17-,19-,21-,22-,23+/m0/s1. The van der Waals surface area contributed by atoms with Gasteiger partial charge in [0.2, 0.25) is 0 Å². The molecule has 0 aromatic rings. The molecule has 0 bridgehead atoms. The molecular formula is C23H36O5. The molecule has 0 spiro atoms. The lowest BCUT2D eigenvalue weighted by molar-refractivity contribution is -0.180. The van der Waals surface area contributed by atoms with Gasteiger partial charge in [-0.1, -0.05) is 13.8 Å². The second-order valence-corrected chi connectivity index (χ2v) is 10.7. The maximum atomic E-state index is 13.3. The molecular weight excluding hydrogens is 356 g/mol. The molecule has 0 heterocycles. The second kappa shape index (κ2) is 7.09. The Hall–Kier alpha value is -0.940. The van der Waals surface area contributed by atoms with E-state index in [2.05, 4.69) is 13.8 Å². The summed E-state index contributed by atoms with van der Waals surface area (Å²) < 4.78 is 0. The lowest BCUT2D eigenvalue weighted by Gasteiger charge is -2.61. The van der Waals surface area contributed by atoms with Crippen molar-refractivity contribution in [1.29, 1.82) is 0 Å². The minimum Gasteiger partial charge on any atom is -0.481 e. The molecule has 0 amide bonds. The van der Waals surface area contributed by atoms with Crippen molar-refractivity contribution in [2.45, 2.75) is 90.3 Å². The van der Waals surface area contributed by atoms with Crippen molar-refractivity contribution in [3.63, 3.8) is 0 Å². The Morgan fingerprint density at radius 1 is 1.11 bits per heavy atom. The summed E-state index contributed by atoms with van der Waals surface area (Å²) in [4.78, 5) is 24.2. The van der Waals surface area contributed by atoms with Gasteiger partial charge < -0.3 is 15.3 Å². The van der Waals surface area contributed by atoms with Crippen LogP contribution in [0.4, 0.5) is 0 Å². The Morgan fingerprint density at radius 3 is 2.57 bits per heavy atom. The first-order valence-electron chi connectivity index (χ1n) is 11.3. The van der Waals surface area contributed by atoms with E-state index in [-0.39, 0.29) is 47.0 Å². The summed E-state index contributed by atoms with van der Waals surface area (Å²) >= 11 is 0. The van der Waals surface area contributed by atoms with Gasteiger partial charge in [0.25, 0.3) is 0 Å². The smallest absolute Gasteiger partial charge is 0.303 e. The van der Waals surface area contributed by atoms with E-state index >= 15 is 0 Å². The fourth-order valence-electron chi connectivity index (χ4n) is 7.98. The molecule has 4 fully saturated rings. The monoisotopic (exact) mass is 392 g/mol. The number of aliphatic carboxylic acids is 1. The molecule has 158 valence electrons. The third-order valence-electron chi connectivity index (χ3n) is 9.68. The summed E-state index contributed by atoms with van der Waals surface area (Å²) in [5.74, 6) is 0.619. The lowest BCUT2D eigenvalue weighted by Crippen LogP contribution is -2.61. The van der Waals surface area contributed by atoms with Crippen molar-refractivity contribution < 1.29 is 24.9 Å². The first-order valence-corrected chi connectivity index (χ1v) is 11.3.